The highest BCUT2D eigenvalue weighted by Crippen LogP contribution is 2.20. The van der Waals surface area contributed by atoms with Crippen LogP contribution in [0.25, 0.3) is 0 Å². The number of hydrogen-bond acceptors (Lipinski definition) is 3. The molecular formula is C19H20BrNO3. The van der Waals surface area contributed by atoms with E-state index in [0.29, 0.717) is 13.0 Å². The molecule has 0 unspecified atom stereocenters. The molecule has 0 radical (unpaired) electrons. The van der Waals surface area contributed by atoms with Gasteiger partial charge >= 0.3 is 5.97 Å². The molecule has 0 aliphatic carbocycles. The van der Waals surface area contributed by atoms with Crippen molar-refractivity contribution in [1.82, 2.24) is 5.32 Å². The van der Waals surface area contributed by atoms with Gasteiger partial charge in [0.2, 0.25) is 0 Å². The zero-order valence-electron chi connectivity index (χ0n) is 13.5. The number of rotatable bonds is 7. The topological polar surface area (TPSA) is 55.4 Å². The van der Waals surface area contributed by atoms with Crippen LogP contribution in [0.4, 0.5) is 0 Å². The molecular weight excluding hydrogens is 370 g/mol. The predicted molar refractivity (Wildman–Crippen MR) is 96.4 cm³/mol. The Hall–Kier alpha value is -2.14. The standard InChI is InChI=1S/C19H20BrNO3/c1-2-16(14-8-4-3-5-9-14)19(23)24-13-18(22)21-12-15-10-6-7-11-17(15)20/h3-11,16H,2,12-13H2,1H3,(H,21,22)/t16-/m0/s1. The van der Waals surface area contributed by atoms with Crippen molar-refractivity contribution >= 4 is 27.8 Å². The van der Waals surface area contributed by atoms with Crippen molar-refractivity contribution in [1.29, 1.82) is 0 Å². The summed E-state index contributed by atoms with van der Waals surface area (Å²) < 4.78 is 6.10. The number of esters is 1. The maximum Gasteiger partial charge on any atom is 0.313 e. The number of hydrogen-bond donors (Lipinski definition) is 1. The quantitative estimate of drug-likeness (QED) is 0.732. The third kappa shape index (κ3) is 5.20. The zero-order valence-corrected chi connectivity index (χ0v) is 15.1. The second-order valence-corrected chi connectivity index (χ2v) is 6.20. The lowest BCUT2D eigenvalue weighted by Crippen LogP contribution is -2.29. The minimum Gasteiger partial charge on any atom is -0.455 e. The molecule has 5 heteroatoms. The van der Waals surface area contributed by atoms with E-state index in [-0.39, 0.29) is 24.4 Å². The van der Waals surface area contributed by atoms with Crippen molar-refractivity contribution in [2.45, 2.75) is 25.8 Å². The largest absolute Gasteiger partial charge is 0.455 e. The summed E-state index contributed by atoms with van der Waals surface area (Å²) in [5, 5.41) is 2.75. The lowest BCUT2D eigenvalue weighted by Gasteiger charge is -2.14. The number of ether oxygens (including phenoxy) is 1. The first-order valence-electron chi connectivity index (χ1n) is 7.83. The number of amides is 1. The summed E-state index contributed by atoms with van der Waals surface area (Å²) in [5.41, 5.74) is 1.87. The summed E-state index contributed by atoms with van der Waals surface area (Å²) in [4.78, 5) is 24.1. The molecule has 1 amide bonds. The van der Waals surface area contributed by atoms with E-state index in [1.165, 1.54) is 0 Å². The van der Waals surface area contributed by atoms with Crippen LogP contribution in [-0.2, 0) is 20.9 Å². The first-order chi connectivity index (χ1) is 11.6. The Morgan fingerprint density at radius 1 is 1.08 bits per heavy atom. The van der Waals surface area contributed by atoms with Gasteiger partial charge in [0.15, 0.2) is 6.61 Å². The van der Waals surface area contributed by atoms with E-state index in [0.717, 1.165) is 15.6 Å². The van der Waals surface area contributed by atoms with Crippen LogP contribution >= 0.6 is 15.9 Å². The second-order valence-electron chi connectivity index (χ2n) is 5.35. The molecule has 126 valence electrons. The van der Waals surface area contributed by atoms with Crippen LogP contribution in [0.1, 0.15) is 30.4 Å². The third-order valence-corrected chi connectivity index (χ3v) is 4.45. The molecule has 0 aromatic heterocycles. The van der Waals surface area contributed by atoms with Crippen molar-refractivity contribution < 1.29 is 14.3 Å². The molecule has 0 aliphatic rings. The van der Waals surface area contributed by atoms with Crippen LogP contribution in [-0.4, -0.2) is 18.5 Å². The fourth-order valence-corrected chi connectivity index (χ4v) is 2.77. The van der Waals surface area contributed by atoms with Gasteiger partial charge < -0.3 is 10.1 Å². The third-order valence-electron chi connectivity index (χ3n) is 3.67. The van der Waals surface area contributed by atoms with Crippen LogP contribution in [0, 0.1) is 0 Å². The van der Waals surface area contributed by atoms with Gasteiger partial charge in [0.1, 0.15) is 0 Å². The van der Waals surface area contributed by atoms with Gasteiger partial charge in [0, 0.05) is 11.0 Å². The van der Waals surface area contributed by atoms with E-state index in [4.69, 9.17) is 4.74 Å². The van der Waals surface area contributed by atoms with Crippen LogP contribution in [0.3, 0.4) is 0 Å². The molecule has 4 nitrogen and oxygen atoms in total. The summed E-state index contributed by atoms with van der Waals surface area (Å²) in [6.45, 7) is 2.03. The highest BCUT2D eigenvalue weighted by atomic mass is 79.9. The van der Waals surface area contributed by atoms with Crippen molar-refractivity contribution in [3.05, 3.63) is 70.2 Å². The molecule has 2 rings (SSSR count). The first-order valence-corrected chi connectivity index (χ1v) is 8.62. The maximum absolute atomic E-state index is 12.2. The summed E-state index contributed by atoms with van der Waals surface area (Å²) in [7, 11) is 0. The van der Waals surface area contributed by atoms with Crippen LogP contribution in [0.15, 0.2) is 59.1 Å². The van der Waals surface area contributed by atoms with E-state index < -0.39 is 0 Å². The average molecular weight is 390 g/mol. The van der Waals surface area contributed by atoms with Crippen LogP contribution < -0.4 is 5.32 Å². The molecule has 0 aliphatic heterocycles. The van der Waals surface area contributed by atoms with Crippen molar-refractivity contribution in [2.75, 3.05) is 6.61 Å². The molecule has 24 heavy (non-hydrogen) atoms. The molecule has 0 saturated carbocycles. The van der Waals surface area contributed by atoms with Crippen LogP contribution in [0.5, 0.6) is 0 Å². The highest BCUT2D eigenvalue weighted by molar-refractivity contribution is 9.10. The SMILES string of the molecule is CC[C@H](C(=O)OCC(=O)NCc1ccccc1Br)c1ccccc1. The Morgan fingerprint density at radius 3 is 2.42 bits per heavy atom. The number of carbonyl (C=O) groups excluding carboxylic acids is 2. The first kappa shape index (κ1) is 18.2. The van der Waals surface area contributed by atoms with E-state index in [1.54, 1.807) is 0 Å². The minimum atomic E-state index is -0.375. The molecule has 2 aromatic rings. The molecule has 0 spiro atoms. The molecule has 2 aromatic carbocycles. The van der Waals surface area contributed by atoms with E-state index in [2.05, 4.69) is 21.2 Å². The Morgan fingerprint density at radius 2 is 1.75 bits per heavy atom. The fraction of sp³-hybridized carbons (Fsp3) is 0.263. The fourth-order valence-electron chi connectivity index (χ4n) is 2.35. The molecule has 1 atom stereocenters. The minimum absolute atomic E-state index is 0.271. The molecule has 0 saturated heterocycles. The predicted octanol–water partition coefficient (Wildman–Crippen LogP) is 3.80. The van der Waals surface area contributed by atoms with Crippen LogP contribution in [0.2, 0.25) is 0 Å². The van der Waals surface area contributed by atoms with Gasteiger partial charge in [-0.3, -0.25) is 9.59 Å². The zero-order chi connectivity index (χ0) is 17.4. The molecule has 0 bridgehead atoms. The Kier molecular flexibility index (Phi) is 7.00. The Balaban J connectivity index is 1.82. The molecule has 0 heterocycles. The summed E-state index contributed by atoms with van der Waals surface area (Å²) in [6.07, 6.45) is 0.626. The van der Waals surface area contributed by atoms with Gasteiger partial charge in [-0.05, 0) is 23.6 Å². The Bertz CT molecular complexity index is 688. The van der Waals surface area contributed by atoms with E-state index >= 15 is 0 Å². The van der Waals surface area contributed by atoms with E-state index in [1.807, 2.05) is 61.5 Å². The monoisotopic (exact) mass is 389 g/mol. The number of halogens is 1. The smallest absolute Gasteiger partial charge is 0.313 e. The number of carbonyl (C=O) groups is 2. The lowest BCUT2D eigenvalue weighted by molar-refractivity contribution is -0.150. The summed E-state index contributed by atoms with van der Waals surface area (Å²) in [5.74, 6) is -1.04. The average Bonchev–Trinajstić information content (AvgIpc) is 2.61. The van der Waals surface area contributed by atoms with Crippen molar-refractivity contribution in [3.8, 4) is 0 Å². The van der Waals surface area contributed by atoms with Gasteiger partial charge in [-0.15, -0.1) is 0 Å². The van der Waals surface area contributed by atoms with Crippen molar-refractivity contribution in [2.24, 2.45) is 0 Å². The summed E-state index contributed by atoms with van der Waals surface area (Å²) in [6, 6.07) is 17.1. The second kappa shape index (κ2) is 9.23. The number of benzene rings is 2. The van der Waals surface area contributed by atoms with Gasteiger partial charge in [-0.25, -0.2) is 0 Å². The van der Waals surface area contributed by atoms with Gasteiger partial charge in [0.25, 0.3) is 5.91 Å². The van der Waals surface area contributed by atoms with E-state index in [9.17, 15) is 9.59 Å². The van der Waals surface area contributed by atoms with Crippen molar-refractivity contribution in [3.63, 3.8) is 0 Å². The number of nitrogens with one attached hydrogen (secondary N) is 1. The maximum atomic E-state index is 12.2. The van der Waals surface area contributed by atoms with Gasteiger partial charge in [0.05, 0.1) is 5.92 Å². The molecule has 1 N–H and O–H groups in total. The Labute approximate surface area is 150 Å². The van der Waals surface area contributed by atoms with Gasteiger partial charge in [-0.2, -0.15) is 0 Å². The lowest BCUT2D eigenvalue weighted by atomic mass is 9.97. The highest BCUT2D eigenvalue weighted by Gasteiger charge is 2.20. The molecule has 0 fully saturated rings. The normalized spacial score (nSPS) is 11.6. The van der Waals surface area contributed by atoms with Gasteiger partial charge in [-0.1, -0.05) is 71.4 Å². The summed E-state index contributed by atoms with van der Waals surface area (Å²) >= 11 is 3.43.